The molecule has 9 heteroatoms. The van der Waals surface area contributed by atoms with Crippen LogP contribution in [0.25, 0.3) is 0 Å². The van der Waals surface area contributed by atoms with Gasteiger partial charge in [-0.3, -0.25) is 13.8 Å². The summed E-state index contributed by atoms with van der Waals surface area (Å²) in [4.78, 5) is 23.3. The Morgan fingerprint density at radius 3 is 1.19 bits per heavy atom. The van der Waals surface area contributed by atoms with Crippen molar-refractivity contribution in [1.29, 1.82) is 0 Å². The zero-order valence-corrected chi connectivity index (χ0v) is 45.8. The van der Waals surface area contributed by atoms with Crippen LogP contribution < -0.4 is 5.32 Å². The van der Waals surface area contributed by atoms with E-state index in [1.807, 2.05) is 27.2 Å². The molecule has 1 amide bonds. The Kier molecular flexibility index (Phi) is 48.3. The third kappa shape index (κ3) is 52.1. The van der Waals surface area contributed by atoms with Crippen molar-refractivity contribution in [3.05, 3.63) is 48.6 Å². The zero-order valence-electron chi connectivity index (χ0n) is 44.9. The van der Waals surface area contributed by atoms with Gasteiger partial charge in [-0.05, 0) is 70.6 Å². The average Bonchev–Trinajstić information content (AvgIpc) is 3.29. The predicted octanol–water partition coefficient (Wildman–Crippen LogP) is 17.2. The van der Waals surface area contributed by atoms with Gasteiger partial charge in [0.15, 0.2) is 0 Å². The first-order valence-corrected chi connectivity index (χ1v) is 30.0. The maximum absolute atomic E-state index is 13.0. The van der Waals surface area contributed by atoms with E-state index in [0.29, 0.717) is 17.4 Å². The molecule has 3 unspecified atom stereocenters. The molecule has 0 aromatic rings. The standard InChI is InChI=1S/C58H111N2O6P/c1-6-8-10-12-14-16-18-20-22-24-26-28-29-30-32-34-36-38-40-42-44-46-48-50-52-58(62)59-56(55-66-67(63,64)65-54-53-60(3,4)5)57(61)51-49-47-45-43-41-39-37-35-33-31-27-25-23-21-19-17-15-13-11-9-7-2/h30,32-33,35,41,43,49,51,56-57,61H,6-29,31,34,36-40,42,44-48,50,52-55H2,1-5H3,(H-,59,62,63,64)/p+1/b32-30-,35-33+,43-41+,51-49+. The molecule has 0 rings (SSSR count). The second-order valence-corrected chi connectivity index (χ2v) is 22.1. The fraction of sp³-hybridized carbons (Fsp3) is 0.845. The van der Waals surface area contributed by atoms with Gasteiger partial charge in [0.2, 0.25) is 5.91 Å². The minimum absolute atomic E-state index is 0.0525. The van der Waals surface area contributed by atoms with Crippen LogP contribution in [-0.2, 0) is 18.4 Å². The number of hydrogen-bond donors (Lipinski definition) is 3. The fourth-order valence-corrected chi connectivity index (χ4v) is 8.98. The highest BCUT2D eigenvalue weighted by Crippen LogP contribution is 2.43. The summed E-state index contributed by atoms with van der Waals surface area (Å²) < 4.78 is 23.7. The van der Waals surface area contributed by atoms with E-state index in [1.54, 1.807) is 6.08 Å². The Balaban J connectivity index is 4.29. The Morgan fingerprint density at radius 1 is 0.493 bits per heavy atom. The molecule has 67 heavy (non-hydrogen) atoms. The van der Waals surface area contributed by atoms with Crippen molar-refractivity contribution in [2.75, 3.05) is 40.9 Å². The largest absolute Gasteiger partial charge is 0.472 e. The molecule has 3 N–H and O–H groups in total. The lowest BCUT2D eigenvalue weighted by Crippen LogP contribution is -2.45. The van der Waals surface area contributed by atoms with Crippen LogP contribution in [0, 0.1) is 0 Å². The van der Waals surface area contributed by atoms with E-state index in [9.17, 15) is 19.4 Å². The third-order valence-electron chi connectivity index (χ3n) is 12.7. The molecule has 0 aromatic heterocycles. The van der Waals surface area contributed by atoms with E-state index < -0.39 is 20.0 Å². The second-order valence-electron chi connectivity index (χ2n) is 20.6. The number of carbonyl (C=O) groups excluding carboxylic acids is 1. The van der Waals surface area contributed by atoms with Crippen LogP contribution >= 0.6 is 7.82 Å². The van der Waals surface area contributed by atoms with Gasteiger partial charge in [0.05, 0.1) is 39.9 Å². The number of aliphatic hydroxyl groups is 1. The van der Waals surface area contributed by atoms with Crippen LogP contribution in [0.1, 0.15) is 264 Å². The molecule has 0 aliphatic carbocycles. The zero-order chi connectivity index (χ0) is 49.2. The summed E-state index contributed by atoms with van der Waals surface area (Å²) in [5.74, 6) is -0.192. The van der Waals surface area contributed by atoms with Crippen LogP contribution in [0.2, 0.25) is 0 Å². The number of likely N-dealkylation sites (N-methyl/N-ethyl adjacent to an activating group) is 1. The second kappa shape index (κ2) is 49.4. The highest BCUT2D eigenvalue weighted by Gasteiger charge is 2.27. The molecule has 0 aliphatic rings. The van der Waals surface area contributed by atoms with Crippen molar-refractivity contribution in [1.82, 2.24) is 5.32 Å². The molecule has 3 atom stereocenters. The molecule has 8 nitrogen and oxygen atoms in total. The van der Waals surface area contributed by atoms with Gasteiger partial charge in [0.1, 0.15) is 13.2 Å². The first-order chi connectivity index (χ1) is 32.5. The maximum Gasteiger partial charge on any atom is 0.472 e. The minimum atomic E-state index is -4.36. The summed E-state index contributed by atoms with van der Waals surface area (Å²) in [6.07, 6.45) is 65.0. The average molecular weight is 965 g/mol. The molecule has 0 aromatic carbocycles. The highest BCUT2D eigenvalue weighted by molar-refractivity contribution is 7.47. The lowest BCUT2D eigenvalue weighted by atomic mass is 10.0. The summed E-state index contributed by atoms with van der Waals surface area (Å²) in [7, 11) is 1.55. The van der Waals surface area contributed by atoms with Crippen molar-refractivity contribution in [3.63, 3.8) is 0 Å². The minimum Gasteiger partial charge on any atom is -0.387 e. The number of nitrogens with zero attached hydrogens (tertiary/aromatic N) is 1. The molecule has 0 aliphatic heterocycles. The summed E-state index contributed by atoms with van der Waals surface area (Å²) in [6.45, 7) is 4.81. The van der Waals surface area contributed by atoms with Gasteiger partial charge in [-0.1, -0.05) is 236 Å². The van der Waals surface area contributed by atoms with E-state index in [0.717, 1.165) is 44.9 Å². The number of nitrogens with one attached hydrogen (secondary N) is 1. The molecule has 0 fully saturated rings. The SMILES string of the molecule is CCCCCCCCCCCCC/C=C/CC/C=C/CC/C=C/C(O)C(COP(=O)(O)OCC[N+](C)(C)C)NC(=O)CCCCCCCCCC/C=C\CCCCCCCCCCCCCC. The van der Waals surface area contributed by atoms with Gasteiger partial charge >= 0.3 is 7.82 Å². The third-order valence-corrected chi connectivity index (χ3v) is 13.7. The smallest absolute Gasteiger partial charge is 0.387 e. The molecule has 0 spiro atoms. The molecule has 0 saturated carbocycles. The Bertz CT molecular complexity index is 1230. The van der Waals surface area contributed by atoms with Crippen molar-refractivity contribution in [2.24, 2.45) is 0 Å². The predicted molar refractivity (Wildman–Crippen MR) is 291 cm³/mol. The number of hydrogen-bond acceptors (Lipinski definition) is 5. The topological polar surface area (TPSA) is 105 Å². The van der Waals surface area contributed by atoms with E-state index in [4.69, 9.17) is 9.05 Å². The summed E-state index contributed by atoms with van der Waals surface area (Å²) in [5, 5.41) is 13.9. The van der Waals surface area contributed by atoms with E-state index >= 15 is 0 Å². The molecular weight excluding hydrogens is 852 g/mol. The van der Waals surface area contributed by atoms with Crippen LogP contribution in [0.3, 0.4) is 0 Å². The number of carbonyl (C=O) groups is 1. The van der Waals surface area contributed by atoms with Crippen LogP contribution in [0.5, 0.6) is 0 Å². The number of phosphoric ester groups is 1. The van der Waals surface area contributed by atoms with Crippen molar-refractivity contribution in [2.45, 2.75) is 276 Å². The quantitative estimate of drug-likeness (QED) is 0.0243. The summed E-state index contributed by atoms with van der Waals surface area (Å²) >= 11 is 0. The van der Waals surface area contributed by atoms with Crippen molar-refractivity contribution < 1.29 is 32.9 Å². The fourth-order valence-electron chi connectivity index (χ4n) is 8.25. The number of phosphoric acid groups is 1. The number of aliphatic hydroxyl groups excluding tert-OH is 1. The first-order valence-electron chi connectivity index (χ1n) is 28.5. The summed E-state index contributed by atoms with van der Waals surface area (Å²) in [5.41, 5.74) is 0. The Morgan fingerprint density at radius 2 is 0.821 bits per heavy atom. The monoisotopic (exact) mass is 964 g/mol. The first kappa shape index (κ1) is 65.5. The van der Waals surface area contributed by atoms with Gasteiger partial charge in [0, 0.05) is 6.42 Å². The number of amides is 1. The van der Waals surface area contributed by atoms with Gasteiger partial charge in [-0.25, -0.2) is 4.57 Å². The van der Waals surface area contributed by atoms with Gasteiger partial charge < -0.3 is 19.8 Å². The van der Waals surface area contributed by atoms with E-state index in [1.165, 1.54) is 199 Å². The van der Waals surface area contributed by atoms with Gasteiger partial charge in [0.25, 0.3) is 0 Å². The van der Waals surface area contributed by atoms with Gasteiger partial charge in [-0.2, -0.15) is 0 Å². The molecule has 394 valence electrons. The molecule has 0 radical (unpaired) electrons. The van der Waals surface area contributed by atoms with Gasteiger partial charge in [-0.15, -0.1) is 0 Å². The lowest BCUT2D eigenvalue weighted by molar-refractivity contribution is -0.870. The van der Waals surface area contributed by atoms with Crippen LogP contribution in [-0.4, -0.2) is 73.4 Å². The highest BCUT2D eigenvalue weighted by atomic mass is 31.2. The normalized spacial score (nSPS) is 14.3. The number of quaternary nitrogens is 1. The number of allylic oxidation sites excluding steroid dienone is 7. The number of unbranched alkanes of at least 4 members (excludes halogenated alkanes) is 33. The van der Waals surface area contributed by atoms with Crippen LogP contribution in [0.4, 0.5) is 0 Å². The molecular formula is C58H112N2O6P+. The molecule has 0 bridgehead atoms. The molecule has 0 heterocycles. The Hall–Kier alpha value is -1.54. The van der Waals surface area contributed by atoms with Crippen LogP contribution in [0.15, 0.2) is 48.6 Å². The van der Waals surface area contributed by atoms with Crippen molar-refractivity contribution in [3.8, 4) is 0 Å². The van der Waals surface area contributed by atoms with E-state index in [-0.39, 0.29) is 19.1 Å². The van der Waals surface area contributed by atoms with E-state index in [2.05, 4.69) is 55.6 Å². The Labute approximate surface area is 416 Å². The summed E-state index contributed by atoms with van der Waals surface area (Å²) in [6, 6.07) is -0.872. The lowest BCUT2D eigenvalue weighted by Gasteiger charge is -2.25. The van der Waals surface area contributed by atoms with Crippen molar-refractivity contribution >= 4 is 13.7 Å². The molecule has 0 saturated heterocycles. The maximum atomic E-state index is 13.0. The number of rotatable bonds is 52.